The lowest BCUT2D eigenvalue weighted by Crippen LogP contribution is -2.29. The van der Waals surface area contributed by atoms with Gasteiger partial charge in [-0.3, -0.25) is 15.0 Å². The van der Waals surface area contributed by atoms with Gasteiger partial charge in [0.25, 0.3) is 0 Å². The van der Waals surface area contributed by atoms with Gasteiger partial charge in [0.15, 0.2) is 5.78 Å². The number of nitrogens with one attached hydrogen (secondary N) is 1. The lowest BCUT2D eigenvalue weighted by Gasteiger charge is -2.14. The number of para-hydroxylation sites is 1. The zero-order valence-corrected chi connectivity index (χ0v) is 17.8. The number of aryl methyl sites for hydroxylation is 1. The summed E-state index contributed by atoms with van der Waals surface area (Å²) < 4.78 is 3.45. The van der Waals surface area contributed by atoms with Crippen molar-refractivity contribution in [3.63, 3.8) is 0 Å². The summed E-state index contributed by atoms with van der Waals surface area (Å²) in [6, 6.07) is 12.1. The van der Waals surface area contributed by atoms with Crippen LogP contribution in [0.25, 0.3) is 11.0 Å². The molecule has 152 valence electrons. The second-order valence-corrected chi connectivity index (χ2v) is 7.74. The Bertz CT molecular complexity index is 1120. The number of carbonyl (C=O) groups excluding carboxylic acids is 2. The van der Waals surface area contributed by atoms with Gasteiger partial charge in [0.1, 0.15) is 0 Å². The van der Waals surface area contributed by atoms with E-state index in [0.29, 0.717) is 40.6 Å². The van der Waals surface area contributed by atoms with Gasteiger partial charge in [-0.25, -0.2) is 0 Å². The summed E-state index contributed by atoms with van der Waals surface area (Å²) in [7, 11) is 1.75. The minimum atomic E-state index is -0.115. The smallest absolute Gasteiger partial charge is 0.219 e. The van der Waals surface area contributed by atoms with Crippen LogP contribution >= 0.6 is 23.2 Å². The summed E-state index contributed by atoms with van der Waals surface area (Å²) >= 11 is 12.3. The van der Waals surface area contributed by atoms with Crippen molar-refractivity contribution >= 4 is 45.9 Å². The third-order valence-electron chi connectivity index (χ3n) is 4.92. The van der Waals surface area contributed by atoms with E-state index in [1.807, 2.05) is 6.07 Å². The molecule has 0 aliphatic carbocycles. The molecule has 0 bridgehead atoms. The van der Waals surface area contributed by atoms with Gasteiger partial charge in [0, 0.05) is 37.6 Å². The van der Waals surface area contributed by atoms with E-state index in [-0.39, 0.29) is 23.9 Å². The highest BCUT2D eigenvalue weighted by molar-refractivity contribution is 6.35. The maximum Gasteiger partial charge on any atom is 0.219 e. The Kier molecular flexibility index (Phi) is 6.45. The van der Waals surface area contributed by atoms with E-state index >= 15 is 0 Å². The average Bonchev–Trinajstić information content (AvgIpc) is 2.95. The first-order valence-corrected chi connectivity index (χ1v) is 9.98. The van der Waals surface area contributed by atoms with Crippen LogP contribution in [0.5, 0.6) is 0 Å². The Hall–Kier alpha value is -2.57. The van der Waals surface area contributed by atoms with E-state index in [4.69, 9.17) is 28.6 Å². The van der Waals surface area contributed by atoms with Gasteiger partial charge in [-0.1, -0.05) is 29.3 Å². The lowest BCUT2D eigenvalue weighted by molar-refractivity contribution is -0.127. The van der Waals surface area contributed by atoms with Crippen LogP contribution in [0, 0.1) is 5.41 Å². The van der Waals surface area contributed by atoms with Gasteiger partial charge in [-0.05, 0) is 42.8 Å². The molecular weight excluding hydrogens is 411 g/mol. The number of ketones is 1. The monoisotopic (exact) mass is 432 g/mol. The Labute approximate surface area is 178 Å². The number of aromatic nitrogens is 2. The van der Waals surface area contributed by atoms with Gasteiger partial charge in [0.2, 0.25) is 11.5 Å². The number of imidazole rings is 1. The minimum absolute atomic E-state index is 0.00452. The highest BCUT2D eigenvalue weighted by Gasteiger charge is 2.17. The molecule has 0 atom stereocenters. The fourth-order valence-electron chi connectivity index (χ4n) is 3.23. The SMILES string of the molecule is CC(=O)N(C)CCCn1c(=N)n(CC(=O)c2ccc(Cl)cc2)c2cccc(Cl)c21. The molecule has 1 aromatic heterocycles. The highest BCUT2D eigenvalue weighted by Crippen LogP contribution is 2.23. The molecule has 8 heteroatoms. The zero-order valence-electron chi connectivity index (χ0n) is 16.3. The van der Waals surface area contributed by atoms with Crippen LogP contribution in [-0.4, -0.2) is 39.3 Å². The van der Waals surface area contributed by atoms with E-state index < -0.39 is 0 Å². The number of hydrogen-bond acceptors (Lipinski definition) is 3. The van der Waals surface area contributed by atoms with Crippen LogP contribution in [0.2, 0.25) is 10.0 Å². The standard InChI is InChI=1S/C21H22Cl2N4O2/c1-14(28)25(2)11-4-12-26-20-17(23)5-3-6-18(20)27(21(26)24)13-19(29)15-7-9-16(22)10-8-15/h3,5-10,24H,4,11-13H2,1-2H3. The number of hydrogen-bond donors (Lipinski definition) is 1. The van der Waals surface area contributed by atoms with Crippen LogP contribution in [0.4, 0.5) is 0 Å². The molecule has 3 aromatic rings. The number of rotatable bonds is 7. The molecule has 6 nitrogen and oxygen atoms in total. The number of benzene rings is 2. The first-order chi connectivity index (χ1) is 13.8. The molecule has 0 fully saturated rings. The fraction of sp³-hybridized carbons (Fsp3) is 0.286. The normalized spacial score (nSPS) is 11.0. The van der Waals surface area contributed by atoms with E-state index in [2.05, 4.69) is 0 Å². The van der Waals surface area contributed by atoms with E-state index in [9.17, 15) is 9.59 Å². The number of fused-ring (bicyclic) bond motifs is 1. The first kappa shape index (κ1) is 21.1. The largest absolute Gasteiger partial charge is 0.346 e. The predicted molar refractivity (Wildman–Crippen MR) is 115 cm³/mol. The molecule has 2 aromatic carbocycles. The first-order valence-electron chi connectivity index (χ1n) is 9.22. The van der Waals surface area contributed by atoms with Crippen LogP contribution in [-0.2, 0) is 17.9 Å². The van der Waals surface area contributed by atoms with Crippen LogP contribution in [0.3, 0.4) is 0 Å². The minimum Gasteiger partial charge on any atom is -0.346 e. The second kappa shape index (κ2) is 8.84. The Morgan fingerprint density at radius 3 is 2.41 bits per heavy atom. The van der Waals surface area contributed by atoms with Crippen LogP contribution in [0.15, 0.2) is 42.5 Å². The van der Waals surface area contributed by atoms with E-state index in [1.54, 1.807) is 57.5 Å². The van der Waals surface area contributed by atoms with Crippen LogP contribution < -0.4 is 5.62 Å². The summed E-state index contributed by atoms with van der Waals surface area (Å²) in [6.07, 6.45) is 0.669. The Morgan fingerprint density at radius 1 is 1.07 bits per heavy atom. The molecule has 0 spiro atoms. The van der Waals surface area contributed by atoms with Gasteiger partial charge < -0.3 is 14.0 Å². The molecule has 1 N–H and O–H groups in total. The number of amides is 1. The summed E-state index contributed by atoms with van der Waals surface area (Å²) in [5, 5.41) is 9.73. The molecule has 3 rings (SSSR count). The summed E-state index contributed by atoms with van der Waals surface area (Å²) in [5.74, 6) is -0.120. The molecule has 0 aliphatic heterocycles. The Balaban J connectivity index is 1.93. The van der Waals surface area contributed by atoms with Gasteiger partial charge in [-0.2, -0.15) is 0 Å². The van der Waals surface area contributed by atoms with Crippen molar-refractivity contribution in [2.45, 2.75) is 26.4 Å². The summed E-state index contributed by atoms with van der Waals surface area (Å²) in [4.78, 5) is 25.8. The van der Waals surface area contributed by atoms with E-state index in [0.717, 1.165) is 5.52 Å². The lowest BCUT2D eigenvalue weighted by atomic mass is 10.1. The summed E-state index contributed by atoms with van der Waals surface area (Å²) in [5.41, 5.74) is 2.17. The van der Waals surface area contributed by atoms with Crippen molar-refractivity contribution in [2.24, 2.45) is 0 Å². The van der Waals surface area contributed by atoms with Crippen molar-refractivity contribution < 1.29 is 9.59 Å². The van der Waals surface area contributed by atoms with Gasteiger partial charge in [-0.15, -0.1) is 0 Å². The number of halogens is 2. The third kappa shape index (κ3) is 4.54. The van der Waals surface area contributed by atoms with Crippen molar-refractivity contribution in [2.75, 3.05) is 13.6 Å². The number of nitrogens with zero attached hydrogens (tertiary/aromatic N) is 3. The average molecular weight is 433 g/mol. The predicted octanol–water partition coefficient (Wildman–Crippen LogP) is 3.98. The molecular formula is C21H22Cl2N4O2. The molecule has 0 saturated carbocycles. The second-order valence-electron chi connectivity index (χ2n) is 6.89. The molecule has 29 heavy (non-hydrogen) atoms. The molecule has 1 heterocycles. The number of Topliss-reactive ketones (excluding diaryl/α,β-unsaturated/α-hetero) is 1. The molecule has 0 unspecified atom stereocenters. The van der Waals surface area contributed by atoms with Gasteiger partial charge in [0.05, 0.1) is 22.6 Å². The van der Waals surface area contributed by atoms with Crippen LogP contribution in [0.1, 0.15) is 23.7 Å². The maximum absolute atomic E-state index is 12.8. The molecule has 0 radical (unpaired) electrons. The van der Waals surface area contributed by atoms with Gasteiger partial charge >= 0.3 is 0 Å². The topological polar surface area (TPSA) is 71.1 Å². The summed E-state index contributed by atoms with van der Waals surface area (Å²) in [6.45, 7) is 2.63. The van der Waals surface area contributed by atoms with Crippen molar-refractivity contribution in [1.29, 1.82) is 5.41 Å². The van der Waals surface area contributed by atoms with Crippen molar-refractivity contribution in [3.05, 3.63) is 63.7 Å². The third-order valence-corrected chi connectivity index (χ3v) is 5.48. The maximum atomic E-state index is 12.8. The molecule has 0 saturated heterocycles. The highest BCUT2D eigenvalue weighted by atomic mass is 35.5. The van der Waals surface area contributed by atoms with Crippen molar-refractivity contribution in [1.82, 2.24) is 14.0 Å². The zero-order chi connectivity index (χ0) is 21.1. The molecule has 1 amide bonds. The quantitative estimate of drug-likeness (QED) is 0.573. The Morgan fingerprint density at radius 2 is 1.76 bits per heavy atom. The molecule has 0 aliphatic rings. The number of carbonyl (C=O) groups is 2. The fourth-order valence-corrected chi connectivity index (χ4v) is 3.62. The van der Waals surface area contributed by atoms with E-state index in [1.165, 1.54) is 6.92 Å². The van der Waals surface area contributed by atoms with Crippen molar-refractivity contribution in [3.8, 4) is 0 Å².